The minimum Gasteiger partial charge on any atom is -0.294 e. The molecule has 2 aliphatic carbocycles. The number of fused-ring (bicyclic) bond motifs is 1. The molecule has 0 spiro atoms. The van der Waals surface area contributed by atoms with Crippen LogP contribution in [-0.4, -0.2) is 10.8 Å². The summed E-state index contributed by atoms with van der Waals surface area (Å²) in [5, 5.41) is 0. The van der Waals surface area contributed by atoms with Gasteiger partial charge in [0.1, 0.15) is 0 Å². The van der Waals surface area contributed by atoms with Crippen molar-refractivity contribution in [1.82, 2.24) is 4.98 Å². The number of carbonyl (C=O) groups is 1. The van der Waals surface area contributed by atoms with Gasteiger partial charge in [0.2, 0.25) is 0 Å². The summed E-state index contributed by atoms with van der Waals surface area (Å²) in [5.74, 6) is 0.941. The fourth-order valence-corrected chi connectivity index (χ4v) is 6.25. The van der Waals surface area contributed by atoms with Gasteiger partial charge in [-0.15, -0.1) is 0 Å². The predicted molar refractivity (Wildman–Crippen MR) is 161 cm³/mol. The molecule has 1 atom stereocenters. The first-order valence-corrected chi connectivity index (χ1v) is 14.8. The Hall–Kier alpha value is -3.00. The fourth-order valence-electron chi connectivity index (χ4n) is 6.25. The lowest BCUT2D eigenvalue weighted by Crippen LogP contribution is -2.29. The van der Waals surface area contributed by atoms with Gasteiger partial charge >= 0.3 is 0 Å². The molecule has 0 saturated heterocycles. The van der Waals surface area contributed by atoms with Gasteiger partial charge in [0.25, 0.3) is 0 Å². The number of ketones is 1. The first-order chi connectivity index (χ1) is 18.5. The molecule has 2 nitrogen and oxygen atoms in total. The number of aryl methyl sites for hydroxylation is 2. The zero-order valence-electron chi connectivity index (χ0n) is 24.1. The van der Waals surface area contributed by atoms with Gasteiger partial charge in [0, 0.05) is 35.4 Å². The number of allylic oxidation sites excluding steroid dienone is 2. The van der Waals surface area contributed by atoms with Crippen LogP contribution in [0.5, 0.6) is 0 Å². The van der Waals surface area contributed by atoms with Crippen molar-refractivity contribution in [3.8, 4) is 11.1 Å². The standard InChI is InChI=1S/C33H37NO.C3H8/c1-4-24-16-17-26(28-15-14-22(2)34-21-28)18-29(24)20-32(25-10-6-5-7-11-25)33(35)31-19-27-12-8-9-13-30(27)23(31)3;1-3-2/h8-9,12-18,21,25,32H,4-7,10-11,19-20H2,1-3H3;3H2,1-2H3. The maximum absolute atomic E-state index is 14.3. The Morgan fingerprint density at radius 1 is 0.895 bits per heavy atom. The molecule has 2 aliphatic rings. The van der Waals surface area contributed by atoms with Gasteiger partial charge in [-0.3, -0.25) is 9.78 Å². The monoisotopic (exact) mass is 507 g/mol. The van der Waals surface area contributed by atoms with Gasteiger partial charge in [-0.1, -0.05) is 95.0 Å². The number of aromatic nitrogens is 1. The normalized spacial score (nSPS) is 16.0. The van der Waals surface area contributed by atoms with E-state index in [1.54, 1.807) is 0 Å². The van der Waals surface area contributed by atoms with E-state index in [1.807, 2.05) is 13.1 Å². The summed E-state index contributed by atoms with van der Waals surface area (Å²) in [4.78, 5) is 18.8. The molecule has 0 radical (unpaired) electrons. The van der Waals surface area contributed by atoms with E-state index < -0.39 is 0 Å². The third kappa shape index (κ3) is 6.34. The quantitative estimate of drug-likeness (QED) is 0.319. The molecule has 0 aliphatic heterocycles. The van der Waals surface area contributed by atoms with Crippen LogP contribution in [0.1, 0.15) is 94.2 Å². The van der Waals surface area contributed by atoms with Gasteiger partial charge in [0.05, 0.1) is 0 Å². The third-order valence-corrected chi connectivity index (χ3v) is 8.37. The van der Waals surface area contributed by atoms with Crippen LogP contribution in [0.3, 0.4) is 0 Å². The van der Waals surface area contributed by atoms with Crippen LogP contribution in [0, 0.1) is 18.8 Å². The molecule has 3 aromatic rings. The molecule has 1 fully saturated rings. The number of rotatable bonds is 7. The average Bonchev–Trinajstić information content (AvgIpc) is 3.29. The number of benzene rings is 2. The van der Waals surface area contributed by atoms with Gasteiger partial charge in [-0.25, -0.2) is 0 Å². The largest absolute Gasteiger partial charge is 0.294 e. The molecule has 0 amide bonds. The molecule has 0 bridgehead atoms. The molecular weight excluding hydrogens is 462 g/mol. The van der Waals surface area contributed by atoms with Crippen LogP contribution in [-0.2, 0) is 24.1 Å². The number of nitrogens with zero attached hydrogens (tertiary/aromatic N) is 1. The van der Waals surface area contributed by atoms with E-state index in [-0.39, 0.29) is 5.92 Å². The smallest absolute Gasteiger partial charge is 0.163 e. The molecular formula is C36H45NO. The lowest BCUT2D eigenvalue weighted by molar-refractivity contribution is -0.121. The van der Waals surface area contributed by atoms with Crippen molar-refractivity contribution < 1.29 is 4.79 Å². The van der Waals surface area contributed by atoms with E-state index in [1.165, 1.54) is 71.9 Å². The average molecular weight is 508 g/mol. The summed E-state index contributed by atoms with van der Waals surface area (Å²) in [6.07, 6.45) is 12.0. The molecule has 38 heavy (non-hydrogen) atoms. The second kappa shape index (κ2) is 13.2. The predicted octanol–water partition coefficient (Wildman–Crippen LogP) is 9.37. The number of pyridine rings is 1. The molecule has 1 heterocycles. The number of hydrogen-bond acceptors (Lipinski definition) is 2. The van der Waals surface area contributed by atoms with Gasteiger partial charge < -0.3 is 0 Å². The van der Waals surface area contributed by atoms with E-state index in [9.17, 15) is 4.79 Å². The highest BCUT2D eigenvalue weighted by atomic mass is 16.1. The Labute approximate surface area is 230 Å². The highest BCUT2D eigenvalue weighted by molar-refractivity contribution is 6.06. The summed E-state index contributed by atoms with van der Waals surface area (Å²) in [7, 11) is 0. The van der Waals surface area contributed by atoms with Crippen molar-refractivity contribution in [2.45, 2.75) is 92.4 Å². The Bertz CT molecular complexity index is 1260. The minimum atomic E-state index is 0.0613. The second-order valence-electron chi connectivity index (χ2n) is 11.2. The fraction of sp³-hybridized carbons (Fsp3) is 0.444. The van der Waals surface area contributed by atoms with Crippen LogP contribution in [0.15, 0.2) is 66.4 Å². The van der Waals surface area contributed by atoms with Crippen molar-refractivity contribution in [1.29, 1.82) is 0 Å². The molecule has 0 N–H and O–H groups in total. The maximum Gasteiger partial charge on any atom is 0.163 e. The topological polar surface area (TPSA) is 30.0 Å². The molecule has 1 aromatic heterocycles. The summed E-state index contributed by atoms with van der Waals surface area (Å²) < 4.78 is 0. The van der Waals surface area contributed by atoms with Crippen LogP contribution in [0.2, 0.25) is 0 Å². The van der Waals surface area contributed by atoms with Crippen LogP contribution in [0.25, 0.3) is 16.7 Å². The molecule has 5 rings (SSSR count). The van der Waals surface area contributed by atoms with Crippen molar-refractivity contribution in [2.75, 3.05) is 0 Å². The van der Waals surface area contributed by atoms with E-state index in [0.29, 0.717) is 11.7 Å². The van der Waals surface area contributed by atoms with Crippen LogP contribution < -0.4 is 0 Å². The van der Waals surface area contributed by atoms with Crippen LogP contribution in [0.4, 0.5) is 0 Å². The maximum atomic E-state index is 14.3. The Morgan fingerprint density at radius 2 is 1.61 bits per heavy atom. The molecule has 1 unspecified atom stereocenters. The third-order valence-electron chi connectivity index (χ3n) is 8.37. The van der Waals surface area contributed by atoms with Crippen LogP contribution >= 0.6 is 0 Å². The molecule has 2 heteroatoms. The van der Waals surface area contributed by atoms with E-state index >= 15 is 0 Å². The van der Waals surface area contributed by atoms with Crippen molar-refractivity contribution in [3.05, 3.63) is 94.3 Å². The summed E-state index contributed by atoms with van der Waals surface area (Å²) in [5.41, 5.74) is 10.9. The first-order valence-electron chi connectivity index (χ1n) is 14.8. The highest BCUT2D eigenvalue weighted by Gasteiger charge is 2.34. The lowest BCUT2D eigenvalue weighted by atomic mass is 9.73. The Kier molecular flexibility index (Phi) is 9.72. The summed E-state index contributed by atoms with van der Waals surface area (Å²) >= 11 is 0. The minimum absolute atomic E-state index is 0.0613. The summed E-state index contributed by atoms with van der Waals surface area (Å²) in [6, 6.07) is 19.6. The van der Waals surface area contributed by atoms with Crippen molar-refractivity contribution in [3.63, 3.8) is 0 Å². The Morgan fingerprint density at radius 3 is 2.26 bits per heavy atom. The number of hydrogen-bond donors (Lipinski definition) is 0. The van der Waals surface area contributed by atoms with Gasteiger partial charge in [0.15, 0.2) is 5.78 Å². The molecule has 2 aromatic carbocycles. The number of carbonyl (C=O) groups excluding carboxylic acids is 1. The van der Waals surface area contributed by atoms with Crippen molar-refractivity contribution in [2.24, 2.45) is 11.8 Å². The van der Waals surface area contributed by atoms with Gasteiger partial charge in [-0.05, 0) is 84.9 Å². The van der Waals surface area contributed by atoms with Crippen molar-refractivity contribution >= 4 is 11.4 Å². The van der Waals surface area contributed by atoms with E-state index in [2.05, 4.69) is 87.3 Å². The van der Waals surface area contributed by atoms with E-state index in [0.717, 1.165) is 36.1 Å². The molecule has 1 saturated carbocycles. The summed E-state index contributed by atoms with van der Waals surface area (Å²) in [6.45, 7) is 10.6. The zero-order chi connectivity index (χ0) is 27.1. The van der Waals surface area contributed by atoms with E-state index in [4.69, 9.17) is 0 Å². The van der Waals surface area contributed by atoms with Gasteiger partial charge in [-0.2, -0.15) is 0 Å². The first kappa shape index (κ1) is 28.0. The zero-order valence-corrected chi connectivity index (χ0v) is 24.1. The second-order valence-corrected chi connectivity index (χ2v) is 11.2. The Balaban J connectivity index is 0.00000107. The lowest BCUT2D eigenvalue weighted by Gasteiger charge is -2.31. The highest BCUT2D eigenvalue weighted by Crippen LogP contribution is 2.40. The SMILES string of the molecule is CCC.CCc1ccc(-c2ccc(C)nc2)cc1CC(C(=O)C1=C(C)c2ccccc2C1)C1CCCCC1. The molecule has 200 valence electrons. The number of Topliss-reactive ketones (excluding diaryl/α,β-unsaturated/α-hetero) is 1.